The summed E-state index contributed by atoms with van der Waals surface area (Å²) < 4.78 is 5.44. The Hall–Kier alpha value is -1.09. The van der Waals surface area contributed by atoms with Gasteiger partial charge in [0.25, 0.3) is 0 Å². The smallest absolute Gasteiger partial charge is 0.152 e. The summed E-state index contributed by atoms with van der Waals surface area (Å²) in [4.78, 5) is 13.0. The van der Waals surface area contributed by atoms with Gasteiger partial charge in [0, 0.05) is 5.41 Å². The van der Waals surface area contributed by atoms with Crippen molar-refractivity contribution in [2.75, 3.05) is 7.11 Å². The van der Waals surface area contributed by atoms with Crippen molar-refractivity contribution in [3.05, 3.63) is 42.0 Å². The molecule has 2 saturated carbocycles. The summed E-state index contributed by atoms with van der Waals surface area (Å²) in [6.45, 7) is 6.37. The SMILES string of the molecule is C=C[C@@H]1Cc2cc(OC)ccc2[C@H]2CCC3(CC)C(=O)[C@H](Br)C[C@H]3[C@H]12. The van der Waals surface area contributed by atoms with Crippen molar-refractivity contribution >= 4 is 21.7 Å². The first-order valence-corrected chi connectivity index (χ1v) is 10.4. The number of Topliss-reactive ketones (excluding diaryl/α,β-unsaturated/α-hetero) is 1. The average Bonchev–Trinajstić information content (AvgIpc) is 2.91. The molecule has 1 aromatic carbocycles. The second-order valence-corrected chi connectivity index (χ2v) is 9.18. The highest BCUT2D eigenvalue weighted by atomic mass is 79.9. The van der Waals surface area contributed by atoms with Crippen molar-refractivity contribution in [3.63, 3.8) is 0 Å². The van der Waals surface area contributed by atoms with Crippen molar-refractivity contribution < 1.29 is 9.53 Å². The zero-order valence-corrected chi connectivity index (χ0v) is 16.7. The molecular weight excluding hydrogens is 376 g/mol. The topological polar surface area (TPSA) is 26.3 Å². The number of fused-ring (bicyclic) bond motifs is 5. The van der Waals surface area contributed by atoms with E-state index >= 15 is 0 Å². The molecule has 2 nitrogen and oxygen atoms in total. The molecule has 1 unspecified atom stereocenters. The van der Waals surface area contributed by atoms with E-state index in [4.69, 9.17) is 4.74 Å². The number of rotatable bonds is 3. The molecule has 3 aliphatic rings. The molecule has 0 amide bonds. The highest BCUT2D eigenvalue weighted by Crippen LogP contribution is 2.63. The number of carbonyl (C=O) groups is 1. The lowest BCUT2D eigenvalue weighted by atomic mass is 9.51. The van der Waals surface area contributed by atoms with E-state index < -0.39 is 0 Å². The fourth-order valence-corrected chi connectivity index (χ4v) is 7.08. The maximum Gasteiger partial charge on any atom is 0.152 e. The predicted molar refractivity (Wildman–Crippen MR) is 104 cm³/mol. The van der Waals surface area contributed by atoms with Gasteiger partial charge in [0.1, 0.15) is 5.75 Å². The third-order valence-electron chi connectivity index (χ3n) is 7.41. The number of allylic oxidation sites excluding steroid dienone is 1. The van der Waals surface area contributed by atoms with Gasteiger partial charge < -0.3 is 4.74 Å². The number of hydrogen-bond donors (Lipinski definition) is 0. The molecule has 0 aromatic heterocycles. The maximum atomic E-state index is 13.0. The zero-order valence-electron chi connectivity index (χ0n) is 15.1. The van der Waals surface area contributed by atoms with Crippen LogP contribution in [-0.2, 0) is 11.2 Å². The normalized spacial score (nSPS) is 39.3. The van der Waals surface area contributed by atoms with Gasteiger partial charge in [-0.1, -0.05) is 35.0 Å². The first kappa shape index (κ1) is 17.3. The number of methoxy groups -OCH3 is 1. The van der Waals surface area contributed by atoms with Crippen LogP contribution in [0.15, 0.2) is 30.9 Å². The second-order valence-electron chi connectivity index (χ2n) is 8.07. The zero-order chi connectivity index (χ0) is 17.8. The number of ketones is 1. The molecule has 134 valence electrons. The number of halogens is 1. The van der Waals surface area contributed by atoms with Crippen LogP contribution in [0.1, 0.15) is 49.7 Å². The molecular formula is C22H27BrO2. The minimum atomic E-state index is -0.111. The fraction of sp³-hybridized carbons (Fsp3) is 0.591. The lowest BCUT2D eigenvalue weighted by molar-refractivity contribution is -0.131. The van der Waals surface area contributed by atoms with Crippen molar-refractivity contribution in [1.82, 2.24) is 0 Å². The standard InChI is InChI=1S/C22H27BrO2/c1-4-13-10-14-11-15(25-3)6-7-16(14)17-8-9-22(5-2)18(20(13)17)12-19(23)21(22)24/h4,6-7,11,13,17-20H,1,5,8-10,12H2,2-3H3/t13-,17-,18+,19-,20-,22?/m1/s1. The lowest BCUT2D eigenvalue weighted by Gasteiger charge is -2.52. The molecule has 3 heteroatoms. The summed E-state index contributed by atoms with van der Waals surface area (Å²) >= 11 is 3.69. The summed E-state index contributed by atoms with van der Waals surface area (Å²) in [6.07, 6.45) is 7.28. The average molecular weight is 403 g/mol. The predicted octanol–water partition coefficient (Wildman–Crippen LogP) is 5.30. The maximum absolute atomic E-state index is 13.0. The van der Waals surface area contributed by atoms with Crippen LogP contribution in [0.25, 0.3) is 0 Å². The summed E-state index contributed by atoms with van der Waals surface area (Å²) in [7, 11) is 1.73. The van der Waals surface area contributed by atoms with Crippen molar-refractivity contribution in [1.29, 1.82) is 0 Å². The van der Waals surface area contributed by atoms with Crippen molar-refractivity contribution in [2.45, 2.75) is 49.8 Å². The Labute approximate surface area is 159 Å². The molecule has 0 bridgehead atoms. The van der Waals surface area contributed by atoms with Gasteiger partial charge in [-0.05, 0) is 79.0 Å². The molecule has 6 atom stereocenters. The van der Waals surface area contributed by atoms with Crippen LogP contribution in [-0.4, -0.2) is 17.7 Å². The van der Waals surface area contributed by atoms with Crippen LogP contribution in [0.2, 0.25) is 0 Å². The van der Waals surface area contributed by atoms with E-state index in [0.29, 0.717) is 29.5 Å². The summed E-state index contributed by atoms with van der Waals surface area (Å²) in [5.41, 5.74) is 2.79. The highest BCUT2D eigenvalue weighted by Gasteiger charge is 2.60. The molecule has 0 heterocycles. The molecule has 0 spiro atoms. The van der Waals surface area contributed by atoms with Crippen LogP contribution in [0.3, 0.4) is 0 Å². The Morgan fingerprint density at radius 1 is 1.44 bits per heavy atom. The Kier molecular flexibility index (Phi) is 4.34. The summed E-state index contributed by atoms with van der Waals surface area (Å²) in [5.74, 6) is 3.42. The molecule has 2 fully saturated rings. The van der Waals surface area contributed by atoms with E-state index in [1.807, 2.05) is 0 Å². The van der Waals surface area contributed by atoms with Crippen molar-refractivity contribution in [3.8, 4) is 5.75 Å². The van der Waals surface area contributed by atoms with Gasteiger partial charge in [0.05, 0.1) is 11.9 Å². The quantitative estimate of drug-likeness (QED) is 0.506. The Balaban J connectivity index is 1.79. The molecule has 1 aromatic rings. The van der Waals surface area contributed by atoms with Gasteiger partial charge >= 0.3 is 0 Å². The van der Waals surface area contributed by atoms with Crippen LogP contribution in [0.4, 0.5) is 0 Å². The van der Waals surface area contributed by atoms with Gasteiger partial charge in [0.15, 0.2) is 5.78 Å². The van der Waals surface area contributed by atoms with Crippen LogP contribution in [0.5, 0.6) is 5.75 Å². The molecule has 3 aliphatic carbocycles. The van der Waals surface area contributed by atoms with E-state index in [0.717, 1.165) is 37.9 Å². The summed E-state index contributed by atoms with van der Waals surface area (Å²) in [6, 6.07) is 6.57. The molecule has 0 aliphatic heterocycles. The molecule has 0 radical (unpaired) electrons. The molecule has 0 saturated heterocycles. The molecule has 25 heavy (non-hydrogen) atoms. The first-order chi connectivity index (χ1) is 12.1. The lowest BCUT2D eigenvalue weighted by Crippen LogP contribution is -2.47. The van der Waals surface area contributed by atoms with E-state index in [1.54, 1.807) is 7.11 Å². The van der Waals surface area contributed by atoms with Gasteiger partial charge in [-0.15, -0.1) is 6.58 Å². The van der Waals surface area contributed by atoms with E-state index in [1.165, 1.54) is 11.1 Å². The monoisotopic (exact) mass is 402 g/mol. The van der Waals surface area contributed by atoms with E-state index in [2.05, 4.69) is 53.7 Å². The highest BCUT2D eigenvalue weighted by molar-refractivity contribution is 9.10. The Bertz CT molecular complexity index is 712. The van der Waals surface area contributed by atoms with Crippen molar-refractivity contribution in [2.24, 2.45) is 23.2 Å². The minimum absolute atomic E-state index is 0.0407. The van der Waals surface area contributed by atoms with Gasteiger partial charge in [-0.3, -0.25) is 4.79 Å². The van der Waals surface area contributed by atoms with Gasteiger partial charge in [-0.25, -0.2) is 0 Å². The van der Waals surface area contributed by atoms with E-state index in [9.17, 15) is 4.79 Å². The molecule has 0 N–H and O–H groups in total. The third-order valence-corrected chi connectivity index (χ3v) is 8.20. The third kappa shape index (κ3) is 2.38. The number of ether oxygens (including phenoxy) is 1. The number of hydrogen-bond acceptors (Lipinski definition) is 2. The first-order valence-electron chi connectivity index (χ1n) is 9.53. The van der Waals surface area contributed by atoms with Crippen LogP contribution < -0.4 is 4.74 Å². The number of alkyl halides is 1. The largest absolute Gasteiger partial charge is 0.497 e. The van der Waals surface area contributed by atoms with Crippen LogP contribution in [0, 0.1) is 23.2 Å². The summed E-state index contributed by atoms with van der Waals surface area (Å²) in [5, 5.41) is 0. The Morgan fingerprint density at radius 2 is 2.24 bits per heavy atom. The fourth-order valence-electron chi connectivity index (χ4n) is 6.22. The van der Waals surface area contributed by atoms with Gasteiger partial charge in [-0.2, -0.15) is 0 Å². The molecule has 4 rings (SSSR count). The second kappa shape index (κ2) is 6.26. The minimum Gasteiger partial charge on any atom is -0.497 e. The van der Waals surface area contributed by atoms with E-state index in [-0.39, 0.29) is 10.2 Å². The van der Waals surface area contributed by atoms with Crippen LogP contribution >= 0.6 is 15.9 Å². The number of benzene rings is 1. The Morgan fingerprint density at radius 3 is 2.92 bits per heavy atom. The number of carbonyl (C=O) groups excluding carboxylic acids is 1. The van der Waals surface area contributed by atoms with Gasteiger partial charge in [0.2, 0.25) is 0 Å².